The first-order valence-electron chi connectivity index (χ1n) is 7.60. The van der Waals surface area contributed by atoms with Gasteiger partial charge in [0, 0.05) is 24.2 Å². The molecule has 0 unspecified atom stereocenters. The normalized spacial score (nSPS) is 13.4. The molecule has 0 spiro atoms. The predicted octanol–water partition coefficient (Wildman–Crippen LogP) is 3.24. The van der Waals surface area contributed by atoms with E-state index in [0.29, 0.717) is 12.2 Å². The lowest BCUT2D eigenvalue weighted by Gasteiger charge is -2.09. The zero-order valence-electron chi connectivity index (χ0n) is 12.8. The van der Waals surface area contributed by atoms with Gasteiger partial charge in [0.2, 0.25) is 0 Å². The van der Waals surface area contributed by atoms with E-state index in [0.717, 1.165) is 18.4 Å². The number of carbonyl (C=O) groups excluding carboxylic acids is 1. The van der Waals surface area contributed by atoms with Crippen LogP contribution in [0.4, 0.5) is 15.8 Å². The average Bonchev–Trinajstić information content (AvgIpc) is 3.38. The van der Waals surface area contributed by atoms with Crippen molar-refractivity contribution in [1.29, 1.82) is 0 Å². The van der Waals surface area contributed by atoms with Crippen molar-refractivity contribution in [3.63, 3.8) is 0 Å². The summed E-state index contributed by atoms with van der Waals surface area (Å²) in [5.41, 5.74) is 1.20. The molecule has 2 aromatic rings. The molecule has 0 bridgehead atoms. The smallest absolute Gasteiger partial charge is 0.293 e. The first-order valence-corrected chi connectivity index (χ1v) is 7.60. The molecule has 1 saturated carbocycles. The lowest BCUT2D eigenvalue weighted by atomic mass is 10.1. The maximum atomic E-state index is 12.9. The minimum absolute atomic E-state index is 0.166. The van der Waals surface area contributed by atoms with E-state index in [1.165, 1.54) is 24.3 Å². The molecule has 0 aliphatic heterocycles. The lowest BCUT2D eigenvalue weighted by molar-refractivity contribution is -0.384. The van der Waals surface area contributed by atoms with Crippen molar-refractivity contribution in [2.24, 2.45) is 0 Å². The van der Waals surface area contributed by atoms with Gasteiger partial charge in [-0.05, 0) is 42.7 Å². The Hall–Kier alpha value is -2.96. The number of nitrogens with zero attached hydrogens (tertiary/aromatic N) is 1. The maximum absolute atomic E-state index is 12.9. The summed E-state index contributed by atoms with van der Waals surface area (Å²) in [4.78, 5) is 22.7. The molecule has 0 atom stereocenters. The quantitative estimate of drug-likeness (QED) is 0.629. The summed E-state index contributed by atoms with van der Waals surface area (Å²) in [6.45, 7) is 0.314. The maximum Gasteiger partial charge on any atom is 0.293 e. The topological polar surface area (TPSA) is 84.3 Å². The molecule has 1 aliphatic rings. The minimum atomic E-state index is -0.527. The number of hydrogen-bond donors (Lipinski definition) is 2. The molecule has 2 aromatic carbocycles. The third-order valence-electron chi connectivity index (χ3n) is 3.77. The second kappa shape index (κ2) is 6.66. The number of anilines is 1. The van der Waals surface area contributed by atoms with Crippen LogP contribution in [-0.2, 0) is 6.54 Å². The standard InChI is InChI=1S/C17H16FN3O3/c18-13-4-1-11(2-5-13)10-19-15-8-3-12(9-16(15)21(23)24)17(22)20-14-6-7-14/h1-5,8-9,14,19H,6-7,10H2,(H,20,22). The van der Waals surface area contributed by atoms with E-state index in [1.807, 2.05) is 0 Å². The monoisotopic (exact) mass is 329 g/mol. The van der Waals surface area contributed by atoms with Crippen LogP contribution < -0.4 is 10.6 Å². The van der Waals surface area contributed by atoms with E-state index in [1.54, 1.807) is 18.2 Å². The lowest BCUT2D eigenvalue weighted by Crippen LogP contribution is -2.25. The third-order valence-corrected chi connectivity index (χ3v) is 3.77. The molecule has 1 amide bonds. The number of nitrogens with one attached hydrogen (secondary N) is 2. The number of nitro benzene ring substituents is 1. The Kier molecular flexibility index (Phi) is 4.41. The van der Waals surface area contributed by atoms with Gasteiger partial charge >= 0.3 is 0 Å². The van der Waals surface area contributed by atoms with E-state index >= 15 is 0 Å². The van der Waals surface area contributed by atoms with E-state index in [4.69, 9.17) is 0 Å². The Morgan fingerprint density at radius 2 is 1.92 bits per heavy atom. The molecule has 3 rings (SSSR count). The molecule has 0 aromatic heterocycles. The van der Waals surface area contributed by atoms with Crippen LogP contribution in [-0.4, -0.2) is 16.9 Å². The molecule has 24 heavy (non-hydrogen) atoms. The van der Waals surface area contributed by atoms with Crippen molar-refractivity contribution in [2.75, 3.05) is 5.32 Å². The number of amides is 1. The first-order chi connectivity index (χ1) is 11.5. The molecule has 2 N–H and O–H groups in total. The van der Waals surface area contributed by atoms with E-state index in [2.05, 4.69) is 10.6 Å². The highest BCUT2D eigenvalue weighted by Crippen LogP contribution is 2.27. The predicted molar refractivity (Wildman–Crippen MR) is 87.3 cm³/mol. The fourth-order valence-electron chi connectivity index (χ4n) is 2.27. The summed E-state index contributed by atoms with van der Waals surface area (Å²) >= 11 is 0. The summed E-state index contributed by atoms with van der Waals surface area (Å²) in [6, 6.07) is 10.4. The van der Waals surface area contributed by atoms with Crippen molar-refractivity contribution in [3.05, 3.63) is 69.5 Å². The largest absolute Gasteiger partial charge is 0.375 e. The van der Waals surface area contributed by atoms with Gasteiger partial charge in [-0.15, -0.1) is 0 Å². The fraction of sp³-hybridized carbons (Fsp3) is 0.235. The Morgan fingerprint density at radius 1 is 1.21 bits per heavy atom. The molecule has 6 nitrogen and oxygen atoms in total. The number of hydrogen-bond acceptors (Lipinski definition) is 4. The van der Waals surface area contributed by atoms with Crippen LogP contribution in [0.1, 0.15) is 28.8 Å². The Morgan fingerprint density at radius 3 is 2.54 bits per heavy atom. The van der Waals surface area contributed by atoms with Gasteiger partial charge in [-0.25, -0.2) is 4.39 Å². The van der Waals surface area contributed by atoms with Crippen LogP contribution in [0, 0.1) is 15.9 Å². The molecular formula is C17H16FN3O3. The summed E-state index contributed by atoms with van der Waals surface area (Å²) < 4.78 is 12.9. The van der Waals surface area contributed by atoms with Gasteiger partial charge in [0.15, 0.2) is 0 Å². The van der Waals surface area contributed by atoms with Gasteiger partial charge in [-0.1, -0.05) is 12.1 Å². The van der Waals surface area contributed by atoms with Crippen LogP contribution >= 0.6 is 0 Å². The number of benzene rings is 2. The summed E-state index contributed by atoms with van der Waals surface area (Å²) in [7, 11) is 0. The SMILES string of the molecule is O=C(NC1CC1)c1ccc(NCc2ccc(F)cc2)c([N+](=O)[O-])c1. The molecule has 1 aliphatic carbocycles. The summed E-state index contributed by atoms with van der Waals surface area (Å²) in [5.74, 6) is -0.638. The molecule has 0 heterocycles. The number of nitro groups is 1. The summed E-state index contributed by atoms with van der Waals surface area (Å²) in [5, 5.41) is 17.0. The highest BCUT2D eigenvalue weighted by molar-refractivity contribution is 5.96. The van der Waals surface area contributed by atoms with Crippen molar-refractivity contribution < 1.29 is 14.1 Å². The number of halogens is 1. The molecule has 7 heteroatoms. The highest BCUT2D eigenvalue weighted by Gasteiger charge is 2.25. The Labute approximate surface area is 137 Å². The minimum Gasteiger partial charge on any atom is -0.375 e. The Bertz CT molecular complexity index is 773. The fourth-order valence-corrected chi connectivity index (χ4v) is 2.27. The molecule has 1 fully saturated rings. The van der Waals surface area contributed by atoms with Crippen molar-refractivity contribution in [3.8, 4) is 0 Å². The van der Waals surface area contributed by atoms with E-state index in [-0.39, 0.29) is 29.0 Å². The number of rotatable bonds is 6. The summed E-state index contributed by atoms with van der Waals surface area (Å²) in [6.07, 6.45) is 1.90. The highest BCUT2D eigenvalue weighted by atomic mass is 19.1. The van der Waals surface area contributed by atoms with Crippen LogP contribution in [0.25, 0.3) is 0 Å². The van der Waals surface area contributed by atoms with Crippen LogP contribution in [0.5, 0.6) is 0 Å². The molecular weight excluding hydrogens is 313 g/mol. The second-order valence-corrected chi connectivity index (χ2v) is 5.72. The van der Waals surface area contributed by atoms with Gasteiger partial charge in [0.05, 0.1) is 4.92 Å². The molecule has 124 valence electrons. The van der Waals surface area contributed by atoms with Crippen molar-refractivity contribution in [2.45, 2.75) is 25.4 Å². The zero-order chi connectivity index (χ0) is 17.1. The molecule has 0 saturated heterocycles. The van der Waals surface area contributed by atoms with Gasteiger partial charge < -0.3 is 10.6 Å². The molecule has 0 radical (unpaired) electrons. The third kappa shape index (κ3) is 3.87. The van der Waals surface area contributed by atoms with E-state index in [9.17, 15) is 19.3 Å². The van der Waals surface area contributed by atoms with Gasteiger partial charge in [-0.2, -0.15) is 0 Å². The zero-order valence-corrected chi connectivity index (χ0v) is 12.8. The van der Waals surface area contributed by atoms with Crippen LogP contribution in [0.3, 0.4) is 0 Å². The number of carbonyl (C=O) groups is 1. The van der Waals surface area contributed by atoms with Crippen LogP contribution in [0.15, 0.2) is 42.5 Å². The van der Waals surface area contributed by atoms with Crippen molar-refractivity contribution >= 4 is 17.3 Å². The van der Waals surface area contributed by atoms with Crippen LogP contribution in [0.2, 0.25) is 0 Å². The average molecular weight is 329 g/mol. The van der Waals surface area contributed by atoms with Gasteiger partial charge in [-0.3, -0.25) is 14.9 Å². The van der Waals surface area contributed by atoms with Gasteiger partial charge in [0.1, 0.15) is 11.5 Å². The van der Waals surface area contributed by atoms with Crippen molar-refractivity contribution in [1.82, 2.24) is 5.32 Å². The first kappa shape index (κ1) is 15.9. The second-order valence-electron chi connectivity index (χ2n) is 5.72. The Balaban J connectivity index is 1.75. The van der Waals surface area contributed by atoms with Gasteiger partial charge in [0.25, 0.3) is 11.6 Å². The van der Waals surface area contributed by atoms with E-state index < -0.39 is 4.92 Å².